The van der Waals surface area contributed by atoms with Crippen LogP contribution in [-0.4, -0.2) is 69.2 Å². The van der Waals surface area contributed by atoms with Crippen LogP contribution in [0.15, 0.2) is 0 Å². The summed E-state index contributed by atoms with van der Waals surface area (Å²) in [5, 5.41) is 0. The van der Waals surface area contributed by atoms with Gasteiger partial charge in [0.2, 0.25) is 0 Å². The summed E-state index contributed by atoms with van der Waals surface area (Å²) in [7, 11) is -6.66. The molecule has 11 nitrogen and oxygen atoms in total. The van der Waals surface area contributed by atoms with Crippen LogP contribution in [0.1, 0.15) is 0 Å². The average Bonchev–Trinajstić information content (AvgIpc) is 2.09. The number of hydrogen-bond donors (Lipinski definition) is 4. The van der Waals surface area contributed by atoms with Crippen LogP contribution < -0.4 is 0 Å². The van der Waals surface area contributed by atoms with Crippen molar-refractivity contribution in [1.82, 2.24) is 4.90 Å². The molecule has 0 radical (unpaired) electrons. The number of ether oxygens (including phenoxy) is 2. The molecule has 0 bridgehead atoms. The molecule has 0 aliphatic heterocycles. The van der Waals surface area contributed by atoms with Crippen LogP contribution in [0.25, 0.3) is 0 Å². The molecule has 0 saturated carbocycles. The molecule has 0 atom stereocenters. The lowest BCUT2D eigenvalue weighted by atomic mass is 10.7. The Hall–Kier alpha value is -0.800. The van der Waals surface area contributed by atoms with Gasteiger partial charge in [-0.15, -0.1) is 0 Å². The Kier molecular flexibility index (Phi) is 6.99. The number of rotatable bonds is 7. The molecule has 0 heterocycles. The Morgan fingerprint density at radius 3 is 1.45 bits per heavy atom. The summed E-state index contributed by atoms with van der Waals surface area (Å²) in [6.45, 7) is 0. The summed E-state index contributed by atoms with van der Waals surface area (Å²) in [6, 6.07) is 0. The third-order valence-electron chi connectivity index (χ3n) is 1.56. The highest BCUT2D eigenvalue weighted by atomic mass is 31.2. The molecule has 0 aromatic rings. The maximum Gasteiger partial charge on any atom is 0.336 e. The fourth-order valence-electron chi connectivity index (χ4n) is 0.871. The Balaban J connectivity index is 4.60. The SMILES string of the molecule is CN(C)C(OC(=O)CP(=O)(O)O)OC(=O)CP(=O)(O)O. The number of nitrogens with zero attached hydrogens (tertiary/aromatic N) is 1. The van der Waals surface area contributed by atoms with Crippen LogP contribution in [0.3, 0.4) is 0 Å². The zero-order chi connectivity index (χ0) is 16.1. The third-order valence-corrected chi connectivity index (χ3v) is 2.90. The Morgan fingerprint density at radius 1 is 0.950 bits per heavy atom. The first-order valence-corrected chi connectivity index (χ1v) is 8.54. The Bertz CT molecular complexity index is 413. The number of carbonyl (C=O) groups is 2. The minimum Gasteiger partial charge on any atom is -0.410 e. The zero-order valence-corrected chi connectivity index (χ0v) is 12.4. The first kappa shape index (κ1) is 19.2. The van der Waals surface area contributed by atoms with Crippen LogP contribution >= 0.6 is 15.2 Å². The lowest BCUT2D eigenvalue weighted by Gasteiger charge is -2.23. The Morgan fingerprint density at radius 2 is 1.25 bits per heavy atom. The lowest BCUT2D eigenvalue weighted by Crippen LogP contribution is -2.38. The van der Waals surface area contributed by atoms with Gasteiger partial charge in [0.15, 0.2) is 0 Å². The molecule has 0 amide bonds. The molecule has 4 N–H and O–H groups in total. The van der Waals surface area contributed by atoms with Crippen molar-refractivity contribution in [2.75, 3.05) is 26.4 Å². The molecule has 0 fully saturated rings. The van der Waals surface area contributed by atoms with E-state index in [1.165, 1.54) is 14.1 Å². The van der Waals surface area contributed by atoms with E-state index in [-0.39, 0.29) is 0 Å². The predicted molar refractivity (Wildman–Crippen MR) is 63.5 cm³/mol. The highest BCUT2D eigenvalue weighted by molar-refractivity contribution is 7.53. The van der Waals surface area contributed by atoms with Crippen molar-refractivity contribution in [2.45, 2.75) is 6.41 Å². The molecule has 0 unspecified atom stereocenters. The van der Waals surface area contributed by atoms with Gasteiger partial charge in [-0.3, -0.25) is 18.7 Å². The first-order valence-electron chi connectivity index (χ1n) is 4.95. The topological polar surface area (TPSA) is 171 Å². The highest BCUT2D eigenvalue weighted by Crippen LogP contribution is 2.35. The van der Waals surface area contributed by atoms with Crippen LogP contribution in [0.4, 0.5) is 0 Å². The second kappa shape index (κ2) is 7.28. The van der Waals surface area contributed by atoms with Gasteiger partial charge in [-0.25, -0.2) is 4.90 Å². The van der Waals surface area contributed by atoms with Crippen molar-refractivity contribution >= 4 is 27.1 Å². The minimum absolute atomic E-state index is 1.05. The van der Waals surface area contributed by atoms with E-state index < -0.39 is 45.9 Å². The Labute approximate surface area is 113 Å². The fourth-order valence-corrected chi connectivity index (χ4v) is 1.69. The monoisotopic (exact) mass is 335 g/mol. The van der Waals surface area contributed by atoms with Crippen molar-refractivity contribution in [3.05, 3.63) is 0 Å². The van der Waals surface area contributed by atoms with Gasteiger partial charge >= 0.3 is 33.5 Å². The van der Waals surface area contributed by atoms with Gasteiger partial charge in [-0.05, 0) is 14.1 Å². The first-order chi connectivity index (χ1) is 8.80. The quantitative estimate of drug-likeness (QED) is 0.237. The van der Waals surface area contributed by atoms with Crippen LogP contribution in [0, 0.1) is 0 Å². The summed E-state index contributed by atoms with van der Waals surface area (Å²) in [5.74, 6) is -2.66. The summed E-state index contributed by atoms with van der Waals surface area (Å²) in [6.07, 6.45) is -4.09. The lowest BCUT2D eigenvalue weighted by molar-refractivity contribution is -0.212. The van der Waals surface area contributed by atoms with Gasteiger partial charge in [0.25, 0.3) is 0 Å². The molecule has 0 aromatic carbocycles. The van der Waals surface area contributed by atoms with E-state index in [0.717, 1.165) is 4.90 Å². The second-order valence-electron chi connectivity index (χ2n) is 3.90. The molecule has 0 spiro atoms. The molecule has 118 valence electrons. The van der Waals surface area contributed by atoms with Gasteiger partial charge in [0, 0.05) is 0 Å². The van der Waals surface area contributed by atoms with Crippen molar-refractivity contribution in [2.24, 2.45) is 0 Å². The van der Waals surface area contributed by atoms with Crippen LogP contribution in [0.5, 0.6) is 0 Å². The molecular formula is C7H15NO10P2. The van der Waals surface area contributed by atoms with Crippen molar-refractivity contribution in [3.8, 4) is 0 Å². The smallest absolute Gasteiger partial charge is 0.336 e. The predicted octanol–water partition coefficient (Wildman–Crippen LogP) is -1.73. The standard InChI is InChI=1S/C7H15NO10P2/c1-8(2)7(17-5(9)3-19(11,12)13)18-6(10)4-20(14,15)16/h7H,3-4H2,1-2H3,(H2,11,12,13)(H2,14,15,16). The molecule has 13 heteroatoms. The summed E-state index contributed by atoms with van der Waals surface area (Å²) >= 11 is 0. The number of carbonyl (C=O) groups excluding carboxylic acids is 2. The van der Waals surface area contributed by atoms with Crippen LogP contribution in [0.2, 0.25) is 0 Å². The molecule has 0 rings (SSSR count). The fraction of sp³-hybridized carbons (Fsp3) is 0.714. The van der Waals surface area contributed by atoms with Crippen molar-refractivity contribution in [3.63, 3.8) is 0 Å². The highest BCUT2D eigenvalue weighted by Gasteiger charge is 2.28. The molecule has 0 aromatic heterocycles. The van der Waals surface area contributed by atoms with E-state index in [9.17, 15) is 18.7 Å². The van der Waals surface area contributed by atoms with Crippen molar-refractivity contribution in [1.29, 1.82) is 0 Å². The maximum absolute atomic E-state index is 11.2. The maximum atomic E-state index is 11.2. The van der Waals surface area contributed by atoms with Gasteiger partial charge in [-0.1, -0.05) is 0 Å². The van der Waals surface area contributed by atoms with Gasteiger partial charge in [0.1, 0.15) is 12.3 Å². The zero-order valence-electron chi connectivity index (χ0n) is 10.6. The van der Waals surface area contributed by atoms with E-state index >= 15 is 0 Å². The van der Waals surface area contributed by atoms with Crippen molar-refractivity contribution < 1.29 is 47.8 Å². The normalized spacial score (nSPS) is 12.6. The molecule has 0 saturated heterocycles. The molecular weight excluding hydrogens is 320 g/mol. The van der Waals surface area contributed by atoms with Gasteiger partial charge < -0.3 is 29.0 Å². The summed E-state index contributed by atoms with van der Waals surface area (Å²) < 4.78 is 30.1. The van der Waals surface area contributed by atoms with Gasteiger partial charge in [-0.2, -0.15) is 0 Å². The number of hydrogen-bond acceptors (Lipinski definition) is 7. The molecule has 0 aliphatic rings. The third kappa shape index (κ3) is 10.0. The van der Waals surface area contributed by atoms with E-state index in [1.807, 2.05) is 0 Å². The van der Waals surface area contributed by atoms with E-state index in [4.69, 9.17) is 19.6 Å². The molecule has 0 aliphatic carbocycles. The van der Waals surface area contributed by atoms with Gasteiger partial charge in [0.05, 0.1) is 0 Å². The van der Waals surface area contributed by atoms with E-state index in [0.29, 0.717) is 0 Å². The molecule has 20 heavy (non-hydrogen) atoms. The summed E-state index contributed by atoms with van der Waals surface area (Å²) in [4.78, 5) is 57.6. The second-order valence-corrected chi connectivity index (χ2v) is 7.19. The average molecular weight is 335 g/mol. The van der Waals surface area contributed by atoms with Crippen LogP contribution in [-0.2, 0) is 28.2 Å². The number of esters is 2. The largest absolute Gasteiger partial charge is 0.410 e. The minimum atomic E-state index is -4.63. The summed E-state index contributed by atoms with van der Waals surface area (Å²) in [5.41, 5.74) is 0. The van der Waals surface area contributed by atoms with E-state index in [1.54, 1.807) is 0 Å². The van der Waals surface area contributed by atoms with E-state index in [2.05, 4.69) is 9.47 Å².